The minimum atomic E-state index is -0.480. The van der Waals surface area contributed by atoms with E-state index in [9.17, 15) is 9.59 Å². The number of amides is 2. The molecule has 0 radical (unpaired) electrons. The lowest BCUT2D eigenvalue weighted by Gasteiger charge is -2.10. The van der Waals surface area contributed by atoms with E-state index in [1.807, 2.05) is 13.0 Å². The van der Waals surface area contributed by atoms with Crippen LogP contribution in [0.1, 0.15) is 29.3 Å². The first-order valence-corrected chi connectivity index (χ1v) is 5.92. The second-order valence-electron chi connectivity index (χ2n) is 4.01. The highest BCUT2D eigenvalue weighted by atomic mass is 16.2. The van der Waals surface area contributed by atoms with Crippen LogP contribution in [0.3, 0.4) is 0 Å². The summed E-state index contributed by atoms with van der Waals surface area (Å²) in [7, 11) is 1.58. The molecule has 18 heavy (non-hydrogen) atoms. The van der Waals surface area contributed by atoms with E-state index in [0.29, 0.717) is 18.5 Å². The molecule has 0 spiro atoms. The zero-order valence-electron chi connectivity index (χ0n) is 10.7. The van der Waals surface area contributed by atoms with Crippen LogP contribution in [0.15, 0.2) is 24.3 Å². The Morgan fingerprint density at radius 1 is 1.39 bits per heavy atom. The Bertz CT molecular complexity index is 432. The molecule has 5 nitrogen and oxygen atoms in total. The van der Waals surface area contributed by atoms with Crippen LogP contribution < -0.4 is 16.4 Å². The van der Waals surface area contributed by atoms with Gasteiger partial charge in [-0.2, -0.15) is 0 Å². The predicted molar refractivity (Wildman–Crippen MR) is 69.9 cm³/mol. The lowest BCUT2D eigenvalue weighted by molar-refractivity contribution is -0.122. The van der Waals surface area contributed by atoms with Gasteiger partial charge in [-0.25, -0.2) is 0 Å². The van der Waals surface area contributed by atoms with Crippen LogP contribution in [0.5, 0.6) is 0 Å². The summed E-state index contributed by atoms with van der Waals surface area (Å²) in [5.74, 6) is -0.323. The van der Waals surface area contributed by atoms with Gasteiger partial charge in [0.2, 0.25) is 5.91 Å². The summed E-state index contributed by atoms with van der Waals surface area (Å²) in [6.07, 6.45) is 0.601. The number of benzene rings is 1. The van der Waals surface area contributed by atoms with Crippen molar-refractivity contribution < 1.29 is 9.59 Å². The first-order valence-electron chi connectivity index (χ1n) is 5.92. The Hall–Kier alpha value is -1.88. The van der Waals surface area contributed by atoms with Crippen molar-refractivity contribution in [3.05, 3.63) is 35.4 Å². The SMILES string of the molecule is CCC(N)C(=O)NCc1cccc(C(=O)NC)c1. The van der Waals surface area contributed by atoms with Gasteiger partial charge in [-0.1, -0.05) is 19.1 Å². The highest BCUT2D eigenvalue weighted by molar-refractivity contribution is 5.94. The summed E-state index contributed by atoms with van der Waals surface area (Å²) in [5, 5.41) is 5.29. The minimum absolute atomic E-state index is 0.145. The number of carbonyl (C=O) groups excluding carboxylic acids is 2. The molecule has 4 N–H and O–H groups in total. The maximum absolute atomic E-state index is 11.5. The zero-order chi connectivity index (χ0) is 13.5. The van der Waals surface area contributed by atoms with Gasteiger partial charge >= 0.3 is 0 Å². The lowest BCUT2D eigenvalue weighted by atomic mass is 10.1. The van der Waals surface area contributed by atoms with Crippen molar-refractivity contribution in [2.24, 2.45) is 5.73 Å². The fraction of sp³-hybridized carbons (Fsp3) is 0.385. The zero-order valence-corrected chi connectivity index (χ0v) is 10.7. The Morgan fingerprint density at radius 3 is 2.72 bits per heavy atom. The molecule has 2 amide bonds. The molecule has 0 heterocycles. The molecule has 0 aliphatic rings. The molecule has 1 unspecified atom stereocenters. The van der Waals surface area contributed by atoms with Crippen LogP contribution in [-0.2, 0) is 11.3 Å². The van der Waals surface area contributed by atoms with Gasteiger partial charge in [0, 0.05) is 19.2 Å². The summed E-state index contributed by atoms with van der Waals surface area (Å²) in [6.45, 7) is 2.23. The number of rotatable bonds is 5. The van der Waals surface area contributed by atoms with E-state index in [0.717, 1.165) is 5.56 Å². The first-order chi connectivity index (χ1) is 8.58. The van der Waals surface area contributed by atoms with E-state index in [2.05, 4.69) is 10.6 Å². The molecule has 1 atom stereocenters. The Labute approximate surface area is 107 Å². The average molecular weight is 249 g/mol. The van der Waals surface area contributed by atoms with Gasteiger partial charge in [-0.3, -0.25) is 9.59 Å². The third-order valence-corrected chi connectivity index (χ3v) is 2.66. The quantitative estimate of drug-likeness (QED) is 0.706. The van der Waals surface area contributed by atoms with Crippen molar-refractivity contribution in [3.63, 3.8) is 0 Å². The van der Waals surface area contributed by atoms with E-state index in [-0.39, 0.29) is 11.8 Å². The Kier molecular flexibility index (Phi) is 5.32. The summed E-state index contributed by atoms with van der Waals surface area (Å²) >= 11 is 0. The summed E-state index contributed by atoms with van der Waals surface area (Å²) in [5.41, 5.74) is 7.05. The van der Waals surface area contributed by atoms with E-state index in [4.69, 9.17) is 5.73 Å². The van der Waals surface area contributed by atoms with Crippen LogP contribution in [0.25, 0.3) is 0 Å². The smallest absolute Gasteiger partial charge is 0.251 e. The molecule has 1 aromatic rings. The largest absolute Gasteiger partial charge is 0.355 e. The molecular weight excluding hydrogens is 230 g/mol. The molecule has 1 rings (SSSR count). The van der Waals surface area contributed by atoms with Gasteiger partial charge in [-0.05, 0) is 24.1 Å². The van der Waals surface area contributed by atoms with Crippen molar-refractivity contribution in [2.75, 3.05) is 7.05 Å². The van der Waals surface area contributed by atoms with E-state index in [1.54, 1.807) is 25.2 Å². The molecule has 0 fully saturated rings. The van der Waals surface area contributed by atoms with Crippen molar-refractivity contribution in [1.29, 1.82) is 0 Å². The van der Waals surface area contributed by atoms with Gasteiger partial charge < -0.3 is 16.4 Å². The Balaban J connectivity index is 2.63. The minimum Gasteiger partial charge on any atom is -0.355 e. The topological polar surface area (TPSA) is 84.2 Å². The second kappa shape index (κ2) is 6.76. The van der Waals surface area contributed by atoms with E-state index >= 15 is 0 Å². The molecule has 0 aromatic heterocycles. The number of hydrogen-bond acceptors (Lipinski definition) is 3. The first kappa shape index (κ1) is 14.2. The number of hydrogen-bond donors (Lipinski definition) is 3. The van der Waals surface area contributed by atoms with Crippen LogP contribution in [0.2, 0.25) is 0 Å². The molecule has 98 valence electrons. The van der Waals surface area contributed by atoms with Crippen molar-refractivity contribution in [3.8, 4) is 0 Å². The monoisotopic (exact) mass is 249 g/mol. The molecule has 0 saturated carbocycles. The van der Waals surface area contributed by atoms with Gasteiger partial charge in [-0.15, -0.1) is 0 Å². The molecule has 0 saturated heterocycles. The maximum Gasteiger partial charge on any atom is 0.251 e. The summed E-state index contributed by atoms with van der Waals surface area (Å²) in [6, 6.07) is 6.63. The third-order valence-electron chi connectivity index (χ3n) is 2.66. The average Bonchev–Trinajstić information content (AvgIpc) is 2.43. The molecule has 0 aliphatic heterocycles. The fourth-order valence-corrected chi connectivity index (χ4v) is 1.47. The van der Waals surface area contributed by atoms with Gasteiger partial charge in [0.25, 0.3) is 5.91 Å². The summed E-state index contributed by atoms with van der Waals surface area (Å²) < 4.78 is 0. The van der Waals surface area contributed by atoms with Gasteiger partial charge in [0.05, 0.1) is 6.04 Å². The number of nitrogens with one attached hydrogen (secondary N) is 2. The fourth-order valence-electron chi connectivity index (χ4n) is 1.47. The molecule has 5 heteroatoms. The van der Waals surface area contributed by atoms with Crippen LogP contribution >= 0.6 is 0 Å². The predicted octanol–water partition coefficient (Wildman–Crippen LogP) is 0.400. The van der Waals surface area contributed by atoms with Crippen molar-refractivity contribution in [1.82, 2.24) is 10.6 Å². The third kappa shape index (κ3) is 3.85. The van der Waals surface area contributed by atoms with Crippen molar-refractivity contribution >= 4 is 11.8 Å². The highest BCUT2D eigenvalue weighted by Crippen LogP contribution is 2.05. The van der Waals surface area contributed by atoms with Crippen LogP contribution in [0, 0.1) is 0 Å². The maximum atomic E-state index is 11.5. The molecular formula is C13H19N3O2. The number of carbonyl (C=O) groups is 2. The van der Waals surface area contributed by atoms with Gasteiger partial charge in [0.1, 0.15) is 0 Å². The molecule has 0 bridgehead atoms. The normalized spacial score (nSPS) is 11.7. The number of nitrogens with two attached hydrogens (primary N) is 1. The summed E-state index contributed by atoms with van der Waals surface area (Å²) in [4.78, 5) is 22.9. The Morgan fingerprint density at radius 2 is 2.11 bits per heavy atom. The van der Waals surface area contributed by atoms with E-state index in [1.165, 1.54) is 0 Å². The van der Waals surface area contributed by atoms with Crippen molar-refractivity contribution in [2.45, 2.75) is 25.9 Å². The van der Waals surface area contributed by atoms with Crippen LogP contribution in [-0.4, -0.2) is 24.9 Å². The molecule has 0 aliphatic carbocycles. The van der Waals surface area contributed by atoms with Gasteiger partial charge in [0.15, 0.2) is 0 Å². The molecule has 1 aromatic carbocycles. The van der Waals surface area contributed by atoms with E-state index < -0.39 is 6.04 Å². The second-order valence-corrected chi connectivity index (χ2v) is 4.01. The van der Waals surface area contributed by atoms with Crippen LogP contribution in [0.4, 0.5) is 0 Å². The highest BCUT2D eigenvalue weighted by Gasteiger charge is 2.10. The standard InChI is InChI=1S/C13H19N3O2/c1-3-11(14)13(18)16-8-9-5-4-6-10(7-9)12(17)15-2/h4-7,11H,3,8,14H2,1-2H3,(H,15,17)(H,16,18). The lowest BCUT2D eigenvalue weighted by Crippen LogP contribution is -2.39.